The highest BCUT2D eigenvalue weighted by atomic mass is 16.5. The summed E-state index contributed by atoms with van der Waals surface area (Å²) in [6, 6.07) is 6.94. The number of rotatable bonds is 5. The first-order chi connectivity index (χ1) is 9.57. The maximum absolute atomic E-state index is 11.7. The third-order valence-corrected chi connectivity index (χ3v) is 3.63. The molecule has 4 N–H and O–H groups in total. The van der Waals surface area contributed by atoms with Gasteiger partial charge in [0.15, 0.2) is 6.61 Å². The van der Waals surface area contributed by atoms with Gasteiger partial charge in [0.05, 0.1) is 5.60 Å². The van der Waals surface area contributed by atoms with Crippen molar-refractivity contribution >= 4 is 11.6 Å². The Morgan fingerprint density at radius 2 is 2.10 bits per heavy atom. The number of anilines is 1. The molecule has 0 atom stereocenters. The van der Waals surface area contributed by atoms with E-state index in [2.05, 4.69) is 5.32 Å². The Balaban J connectivity index is 1.72. The third kappa shape index (κ3) is 4.42. The summed E-state index contributed by atoms with van der Waals surface area (Å²) in [6.07, 6.45) is 4.71. The zero-order chi connectivity index (χ0) is 14.4. The number of aliphatic hydroxyl groups is 1. The number of amides is 1. The molecule has 0 heterocycles. The summed E-state index contributed by atoms with van der Waals surface area (Å²) in [5.41, 5.74) is 5.48. The number of benzene rings is 1. The first kappa shape index (κ1) is 14.7. The fourth-order valence-corrected chi connectivity index (χ4v) is 2.45. The van der Waals surface area contributed by atoms with E-state index in [1.807, 2.05) is 0 Å². The standard InChI is InChI=1S/C15H22N2O3/c16-12-5-4-6-13(9-12)20-10-14(18)17-11-15(19)7-2-1-3-8-15/h4-6,9,19H,1-3,7-8,10-11,16H2,(H,17,18). The van der Waals surface area contributed by atoms with Gasteiger partial charge >= 0.3 is 0 Å². The van der Waals surface area contributed by atoms with Gasteiger partial charge in [-0.1, -0.05) is 25.3 Å². The smallest absolute Gasteiger partial charge is 0.258 e. The number of hydrogen-bond acceptors (Lipinski definition) is 4. The topological polar surface area (TPSA) is 84.6 Å². The lowest BCUT2D eigenvalue weighted by molar-refractivity contribution is -0.124. The van der Waals surface area contributed by atoms with Gasteiger partial charge in [0, 0.05) is 18.3 Å². The van der Waals surface area contributed by atoms with Crippen LogP contribution in [0.15, 0.2) is 24.3 Å². The van der Waals surface area contributed by atoms with E-state index in [-0.39, 0.29) is 12.5 Å². The molecule has 0 spiro atoms. The molecule has 0 bridgehead atoms. The second-order valence-corrected chi connectivity index (χ2v) is 5.42. The van der Waals surface area contributed by atoms with E-state index in [0.717, 1.165) is 32.1 Å². The summed E-state index contributed by atoms with van der Waals surface area (Å²) in [7, 11) is 0. The molecule has 5 nitrogen and oxygen atoms in total. The van der Waals surface area contributed by atoms with E-state index in [9.17, 15) is 9.90 Å². The zero-order valence-corrected chi connectivity index (χ0v) is 11.6. The molecule has 1 amide bonds. The molecule has 0 unspecified atom stereocenters. The number of hydrogen-bond donors (Lipinski definition) is 3. The van der Waals surface area contributed by atoms with E-state index in [1.54, 1.807) is 24.3 Å². The van der Waals surface area contributed by atoms with Gasteiger partial charge in [-0.05, 0) is 25.0 Å². The summed E-state index contributed by atoms with van der Waals surface area (Å²) < 4.78 is 5.35. The second kappa shape index (κ2) is 6.61. The highest BCUT2D eigenvalue weighted by molar-refractivity contribution is 5.77. The third-order valence-electron chi connectivity index (χ3n) is 3.63. The lowest BCUT2D eigenvalue weighted by atomic mass is 9.85. The Bertz CT molecular complexity index is 456. The zero-order valence-electron chi connectivity index (χ0n) is 11.6. The highest BCUT2D eigenvalue weighted by Gasteiger charge is 2.29. The summed E-state index contributed by atoms with van der Waals surface area (Å²) in [6.45, 7) is 0.228. The van der Waals surface area contributed by atoms with Gasteiger partial charge in [0.25, 0.3) is 5.91 Å². The highest BCUT2D eigenvalue weighted by Crippen LogP contribution is 2.27. The number of carbonyl (C=O) groups is 1. The second-order valence-electron chi connectivity index (χ2n) is 5.42. The summed E-state index contributed by atoms with van der Waals surface area (Å²) in [5.74, 6) is 0.336. The van der Waals surface area contributed by atoms with Crippen molar-refractivity contribution in [2.75, 3.05) is 18.9 Å². The van der Waals surface area contributed by atoms with Crippen molar-refractivity contribution in [1.82, 2.24) is 5.32 Å². The first-order valence-electron chi connectivity index (χ1n) is 7.05. The van der Waals surface area contributed by atoms with Crippen LogP contribution in [0.4, 0.5) is 5.69 Å². The molecule has 1 fully saturated rings. The van der Waals surface area contributed by atoms with Gasteiger partial charge in [-0.25, -0.2) is 0 Å². The Hall–Kier alpha value is -1.75. The molecule has 1 aromatic carbocycles. The normalized spacial score (nSPS) is 17.4. The largest absolute Gasteiger partial charge is 0.484 e. The van der Waals surface area contributed by atoms with Crippen LogP contribution in [0.5, 0.6) is 5.75 Å². The summed E-state index contributed by atoms with van der Waals surface area (Å²) in [4.78, 5) is 11.7. The molecule has 0 aromatic heterocycles. The van der Waals surface area contributed by atoms with Crippen LogP contribution in [0.25, 0.3) is 0 Å². The van der Waals surface area contributed by atoms with Crippen molar-refractivity contribution < 1.29 is 14.6 Å². The molecule has 0 radical (unpaired) electrons. The van der Waals surface area contributed by atoms with Crippen LogP contribution in [0, 0.1) is 0 Å². The molecule has 0 aliphatic heterocycles. The average Bonchev–Trinajstić information content (AvgIpc) is 2.44. The van der Waals surface area contributed by atoms with E-state index in [0.29, 0.717) is 18.0 Å². The van der Waals surface area contributed by atoms with Crippen molar-refractivity contribution in [3.05, 3.63) is 24.3 Å². The maximum atomic E-state index is 11.7. The molecule has 1 aliphatic carbocycles. The lowest BCUT2D eigenvalue weighted by Crippen LogP contribution is -2.45. The van der Waals surface area contributed by atoms with Crippen LogP contribution in [0.3, 0.4) is 0 Å². The average molecular weight is 278 g/mol. The molecule has 1 saturated carbocycles. The van der Waals surface area contributed by atoms with Crippen molar-refractivity contribution in [3.63, 3.8) is 0 Å². The summed E-state index contributed by atoms with van der Waals surface area (Å²) in [5, 5.41) is 13.0. The van der Waals surface area contributed by atoms with E-state index >= 15 is 0 Å². The van der Waals surface area contributed by atoms with Crippen molar-refractivity contribution in [3.8, 4) is 5.75 Å². The van der Waals surface area contributed by atoms with E-state index < -0.39 is 5.60 Å². The van der Waals surface area contributed by atoms with Crippen LogP contribution in [-0.2, 0) is 4.79 Å². The van der Waals surface area contributed by atoms with E-state index in [4.69, 9.17) is 10.5 Å². The van der Waals surface area contributed by atoms with Gasteiger partial charge in [0.2, 0.25) is 0 Å². The fourth-order valence-electron chi connectivity index (χ4n) is 2.45. The number of nitrogen functional groups attached to an aromatic ring is 1. The first-order valence-corrected chi connectivity index (χ1v) is 7.05. The van der Waals surface area contributed by atoms with Gasteiger partial charge in [-0.2, -0.15) is 0 Å². The van der Waals surface area contributed by atoms with Crippen molar-refractivity contribution in [1.29, 1.82) is 0 Å². The molecule has 110 valence electrons. The van der Waals surface area contributed by atoms with Gasteiger partial charge < -0.3 is 20.9 Å². The monoisotopic (exact) mass is 278 g/mol. The Labute approximate surface area is 119 Å². The molecule has 1 aliphatic rings. The maximum Gasteiger partial charge on any atom is 0.258 e. The number of nitrogens with one attached hydrogen (secondary N) is 1. The minimum Gasteiger partial charge on any atom is -0.484 e. The Kier molecular flexibility index (Phi) is 4.84. The molecular formula is C15H22N2O3. The molecule has 1 aromatic rings. The van der Waals surface area contributed by atoms with Crippen LogP contribution >= 0.6 is 0 Å². The minimum atomic E-state index is -0.745. The predicted octanol–water partition coefficient (Wildman–Crippen LogP) is 1.46. The van der Waals surface area contributed by atoms with Gasteiger partial charge in [0.1, 0.15) is 5.75 Å². The van der Waals surface area contributed by atoms with Crippen molar-refractivity contribution in [2.45, 2.75) is 37.7 Å². The van der Waals surface area contributed by atoms with Crippen LogP contribution in [0.1, 0.15) is 32.1 Å². The van der Waals surface area contributed by atoms with Gasteiger partial charge in [-0.15, -0.1) is 0 Å². The SMILES string of the molecule is Nc1cccc(OCC(=O)NCC2(O)CCCCC2)c1. The quantitative estimate of drug-likeness (QED) is 0.712. The molecule has 2 rings (SSSR count). The fraction of sp³-hybridized carbons (Fsp3) is 0.533. The Morgan fingerprint density at radius 3 is 2.80 bits per heavy atom. The minimum absolute atomic E-state index is 0.0699. The Morgan fingerprint density at radius 1 is 1.35 bits per heavy atom. The molecule has 5 heteroatoms. The number of nitrogens with two attached hydrogens (primary N) is 1. The van der Waals surface area contributed by atoms with Crippen LogP contribution in [0.2, 0.25) is 0 Å². The van der Waals surface area contributed by atoms with Crippen LogP contribution < -0.4 is 15.8 Å². The molecule has 0 saturated heterocycles. The summed E-state index contributed by atoms with van der Waals surface area (Å²) >= 11 is 0. The molecular weight excluding hydrogens is 256 g/mol. The molecule has 20 heavy (non-hydrogen) atoms. The number of ether oxygens (including phenoxy) is 1. The van der Waals surface area contributed by atoms with Crippen molar-refractivity contribution in [2.24, 2.45) is 0 Å². The lowest BCUT2D eigenvalue weighted by Gasteiger charge is -2.32. The predicted molar refractivity (Wildman–Crippen MR) is 77.4 cm³/mol. The van der Waals surface area contributed by atoms with Crippen LogP contribution in [-0.4, -0.2) is 29.8 Å². The number of carbonyl (C=O) groups excluding carboxylic acids is 1. The van der Waals surface area contributed by atoms with Gasteiger partial charge in [-0.3, -0.25) is 4.79 Å². The van der Waals surface area contributed by atoms with E-state index in [1.165, 1.54) is 0 Å².